The molecule has 0 saturated heterocycles. The molecule has 0 N–H and O–H groups in total. The molecule has 0 aliphatic heterocycles. The van der Waals surface area contributed by atoms with Crippen LogP contribution in [0.3, 0.4) is 0 Å². The van der Waals surface area contributed by atoms with Crippen molar-refractivity contribution in [2.75, 3.05) is 4.90 Å². The molecule has 0 bridgehead atoms. The second-order valence-corrected chi connectivity index (χ2v) is 9.88. The van der Waals surface area contributed by atoms with Gasteiger partial charge in [-0.2, -0.15) is 0 Å². The zero-order valence-corrected chi connectivity index (χ0v) is 21.8. The first-order chi connectivity index (χ1) is 19.3. The number of nitrogens with zero attached hydrogens (tertiary/aromatic N) is 1. The van der Waals surface area contributed by atoms with Crippen LogP contribution in [0, 0.1) is 0 Å². The van der Waals surface area contributed by atoms with E-state index < -0.39 is 0 Å². The Kier molecular flexibility index (Phi) is 5.88. The van der Waals surface area contributed by atoms with Crippen LogP contribution < -0.4 is 4.90 Å². The second kappa shape index (κ2) is 9.83. The lowest BCUT2D eigenvalue weighted by Gasteiger charge is -2.25. The second-order valence-electron chi connectivity index (χ2n) is 9.50. The van der Waals surface area contributed by atoms with Gasteiger partial charge in [0.15, 0.2) is 0 Å². The molecule has 6 aromatic carbocycles. The van der Waals surface area contributed by atoms with Crippen molar-refractivity contribution in [2.45, 2.75) is 0 Å². The maximum Gasteiger partial charge on any atom is 0.136 e. The van der Waals surface area contributed by atoms with Gasteiger partial charge < -0.3 is 9.32 Å². The smallest absolute Gasteiger partial charge is 0.136 e. The summed E-state index contributed by atoms with van der Waals surface area (Å²) in [5, 5.41) is 4.99. The van der Waals surface area contributed by atoms with E-state index in [-0.39, 0.29) is 0 Å². The Morgan fingerprint density at radius 3 is 1.38 bits per heavy atom. The number of fused-ring (bicyclic) bond motifs is 2. The van der Waals surface area contributed by atoms with Crippen LogP contribution in [0.25, 0.3) is 44.2 Å². The summed E-state index contributed by atoms with van der Waals surface area (Å²) in [6.45, 7) is 0. The van der Waals surface area contributed by atoms with E-state index in [4.69, 9.17) is 16.0 Å². The summed E-state index contributed by atoms with van der Waals surface area (Å²) in [5.74, 6) is 1.65. The molecule has 0 aliphatic carbocycles. The number of para-hydroxylation sites is 2. The molecule has 0 atom stereocenters. The molecule has 1 heterocycles. The summed E-state index contributed by atoms with van der Waals surface area (Å²) >= 11 is 6.83. The van der Waals surface area contributed by atoms with Crippen LogP contribution in [-0.2, 0) is 0 Å². The third-order valence-corrected chi connectivity index (χ3v) is 7.56. The van der Waals surface area contributed by atoms with Gasteiger partial charge in [0.2, 0.25) is 0 Å². The summed E-state index contributed by atoms with van der Waals surface area (Å²) in [5.41, 5.74) is 5.38. The summed E-state index contributed by atoms with van der Waals surface area (Å²) in [6.07, 6.45) is 0. The average molecular weight is 522 g/mol. The van der Waals surface area contributed by atoms with E-state index in [2.05, 4.69) is 114 Å². The Morgan fingerprint density at radius 1 is 0.410 bits per heavy atom. The molecular weight excluding hydrogens is 498 g/mol. The molecule has 0 fully saturated rings. The number of halogens is 1. The minimum atomic E-state index is 0.772. The molecule has 0 radical (unpaired) electrons. The number of rotatable bonds is 5. The third-order valence-electron chi connectivity index (χ3n) is 7.16. The van der Waals surface area contributed by atoms with Gasteiger partial charge >= 0.3 is 0 Å². The van der Waals surface area contributed by atoms with Crippen LogP contribution in [0.15, 0.2) is 150 Å². The quantitative estimate of drug-likeness (QED) is 0.209. The van der Waals surface area contributed by atoms with Gasteiger partial charge in [-0.15, -0.1) is 0 Å². The summed E-state index contributed by atoms with van der Waals surface area (Å²) in [4.78, 5) is 2.25. The van der Waals surface area contributed by atoms with Crippen LogP contribution in [-0.4, -0.2) is 0 Å². The molecule has 2 nitrogen and oxygen atoms in total. The van der Waals surface area contributed by atoms with Crippen LogP contribution in [0.5, 0.6) is 0 Å². The lowest BCUT2D eigenvalue weighted by atomic mass is 9.95. The normalized spacial score (nSPS) is 11.2. The molecule has 0 unspecified atom stereocenters. The maximum atomic E-state index is 6.83. The topological polar surface area (TPSA) is 16.4 Å². The van der Waals surface area contributed by atoms with Crippen molar-refractivity contribution < 1.29 is 4.42 Å². The number of hydrogen-bond donors (Lipinski definition) is 0. The number of anilines is 3. The highest BCUT2D eigenvalue weighted by molar-refractivity contribution is 6.42. The Bertz CT molecular complexity index is 1810. The predicted octanol–water partition coefficient (Wildman–Crippen LogP) is 11.0. The van der Waals surface area contributed by atoms with Crippen molar-refractivity contribution in [3.8, 4) is 22.6 Å². The third kappa shape index (κ3) is 4.16. The fourth-order valence-electron chi connectivity index (χ4n) is 5.34. The molecule has 0 amide bonds. The van der Waals surface area contributed by atoms with Crippen LogP contribution in [0.1, 0.15) is 0 Å². The van der Waals surface area contributed by atoms with Gasteiger partial charge in [0.05, 0.1) is 5.02 Å². The largest absolute Gasteiger partial charge is 0.456 e. The van der Waals surface area contributed by atoms with Gasteiger partial charge in [-0.05, 0) is 71.4 Å². The Balaban J connectivity index is 1.30. The summed E-state index contributed by atoms with van der Waals surface area (Å²) in [6, 6.07) is 50.0. The van der Waals surface area contributed by atoms with Gasteiger partial charge in [0, 0.05) is 39.0 Å². The Labute approximate surface area is 232 Å². The van der Waals surface area contributed by atoms with Gasteiger partial charge in [-0.1, -0.05) is 96.5 Å². The van der Waals surface area contributed by atoms with Crippen LogP contribution in [0.2, 0.25) is 5.02 Å². The average Bonchev–Trinajstić information content (AvgIpc) is 3.49. The number of furan rings is 1. The lowest BCUT2D eigenvalue weighted by molar-refractivity contribution is 0.598. The van der Waals surface area contributed by atoms with Crippen molar-refractivity contribution in [1.29, 1.82) is 0 Å². The lowest BCUT2D eigenvalue weighted by Crippen LogP contribution is -2.09. The van der Waals surface area contributed by atoms with E-state index in [9.17, 15) is 0 Å². The summed E-state index contributed by atoms with van der Waals surface area (Å²) in [7, 11) is 0. The van der Waals surface area contributed by atoms with E-state index >= 15 is 0 Å². The van der Waals surface area contributed by atoms with Crippen molar-refractivity contribution in [2.24, 2.45) is 0 Å². The molecule has 39 heavy (non-hydrogen) atoms. The van der Waals surface area contributed by atoms with E-state index in [1.807, 2.05) is 36.4 Å². The molecule has 0 saturated carbocycles. The fraction of sp³-hybridized carbons (Fsp3) is 0. The molecular formula is C36H24ClNO. The number of benzene rings is 6. The molecule has 7 rings (SSSR count). The van der Waals surface area contributed by atoms with E-state index in [0.717, 1.165) is 66.3 Å². The highest BCUT2D eigenvalue weighted by atomic mass is 35.5. The monoisotopic (exact) mass is 521 g/mol. The van der Waals surface area contributed by atoms with Gasteiger partial charge in [-0.25, -0.2) is 0 Å². The first-order valence-corrected chi connectivity index (χ1v) is 13.4. The molecule has 0 aliphatic rings. The minimum absolute atomic E-state index is 0.772. The summed E-state index contributed by atoms with van der Waals surface area (Å²) < 4.78 is 6.52. The zero-order chi connectivity index (χ0) is 26.2. The standard InChI is InChI=1S/C36H24ClNO/c37-36-31-17-9-7-15-29(31)35(30-16-8-10-18-32(30)36)34-24-23-33(39-34)25-19-21-28(22-20-25)38(26-11-3-1-4-12-26)27-13-5-2-6-14-27/h1-24H. The van der Waals surface area contributed by atoms with Gasteiger partial charge in [0.1, 0.15) is 11.5 Å². The first-order valence-electron chi connectivity index (χ1n) is 13.0. The highest BCUT2D eigenvalue weighted by Crippen LogP contribution is 2.43. The fourth-order valence-corrected chi connectivity index (χ4v) is 5.67. The van der Waals surface area contributed by atoms with Crippen LogP contribution in [0.4, 0.5) is 17.1 Å². The van der Waals surface area contributed by atoms with Crippen LogP contribution >= 0.6 is 11.6 Å². The Hall–Kier alpha value is -4.79. The molecule has 0 spiro atoms. The van der Waals surface area contributed by atoms with Crippen molar-refractivity contribution in [1.82, 2.24) is 0 Å². The number of hydrogen-bond acceptors (Lipinski definition) is 2. The van der Waals surface area contributed by atoms with Crippen molar-refractivity contribution >= 4 is 50.2 Å². The minimum Gasteiger partial charge on any atom is -0.456 e. The zero-order valence-electron chi connectivity index (χ0n) is 21.1. The Morgan fingerprint density at radius 2 is 0.846 bits per heavy atom. The molecule has 186 valence electrons. The van der Waals surface area contributed by atoms with E-state index in [1.54, 1.807) is 0 Å². The first kappa shape index (κ1) is 23.3. The van der Waals surface area contributed by atoms with Gasteiger partial charge in [0.25, 0.3) is 0 Å². The molecule has 3 heteroatoms. The van der Waals surface area contributed by atoms with Crippen molar-refractivity contribution in [3.63, 3.8) is 0 Å². The molecule has 7 aromatic rings. The predicted molar refractivity (Wildman–Crippen MR) is 164 cm³/mol. The van der Waals surface area contributed by atoms with Crippen molar-refractivity contribution in [3.05, 3.63) is 151 Å². The van der Waals surface area contributed by atoms with E-state index in [1.165, 1.54) is 0 Å². The maximum absolute atomic E-state index is 6.83. The van der Waals surface area contributed by atoms with Gasteiger partial charge in [-0.3, -0.25) is 0 Å². The SMILES string of the molecule is Clc1c2ccccc2c(-c2ccc(-c3ccc(N(c4ccccc4)c4ccccc4)cc3)o2)c2ccccc12. The highest BCUT2D eigenvalue weighted by Gasteiger charge is 2.17. The van der Waals surface area contributed by atoms with E-state index in [0.29, 0.717) is 0 Å². The molecule has 1 aromatic heterocycles.